The minimum atomic E-state index is -0.216. The predicted molar refractivity (Wildman–Crippen MR) is 124 cm³/mol. The lowest BCUT2D eigenvalue weighted by Gasteiger charge is -2.24. The number of nitrogens with one attached hydrogen (secondary N) is 2. The Hall–Kier alpha value is -4.00. The van der Waals surface area contributed by atoms with Crippen molar-refractivity contribution in [3.8, 4) is 11.1 Å². The van der Waals surface area contributed by atoms with Crippen LogP contribution in [0.3, 0.4) is 0 Å². The van der Waals surface area contributed by atoms with Crippen molar-refractivity contribution < 1.29 is 4.79 Å². The molecule has 1 saturated carbocycles. The quantitative estimate of drug-likeness (QED) is 0.423. The van der Waals surface area contributed by atoms with Crippen LogP contribution in [0.1, 0.15) is 35.3 Å². The average molecular weight is 422 g/mol. The molecule has 7 heteroatoms. The van der Waals surface area contributed by atoms with E-state index < -0.39 is 0 Å². The maximum absolute atomic E-state index is 12.8. The van der Waals surface area contributed by atoms with E-state index in [4.69, 9.17) is 4.98 Å². The summed E-state index contributed by atoms with van der Waals surface area (Å²) in [5.74, 6) is 0.571. The van der Waals surface area contributed by atoms with Gasteiger partial charge in [0.25, 0.3) is 5.91 Å². The summed E-state index contributed by atoms with van der Waals surface area (Å²) >= 11 is 0. The summed E-state index contributed by atoms with van der Waals surface area (Å²) in [5, 5.41) is 8.30. The van der Waals surface area contributed by atoms with Gasteiger partial charge in [0, 0.05) is 35.2 Å². The number of hydrogen-bond acceptors (Lipinski definition) is 4. The molecule has 5 heterocycles. The summed E-state index contributed by atoms with van der Waals surface area (Å²) in [7, 11) is 0. The van der Waals surface area contributed by atoms with Crippen molar-refractivity contribution in [3.63, 3.8) is 0 Å². The summed E-state index contributed by atoms with van der Waals surface area (Å²) < 4.78 is 1.71. The minimum absolute atomic E-state index is 0.216. The highest BCUT2D eigenvalue weighted by atomic mass is 16.1. The van der Waals surface area contributed by atoms with Crippen LogP contribution in [0, 0.1) is 5.92 Å². The maximum atomic E-state index is 12.8. The number of aromatic nitrogens is 5. The molecule has 0 aromatic carbocycles. The molecule has 7 nitrogen and oxygen atoms in total. The van der Waals surface area contributed by atoms with Gasteiger partial charge >= 0.3 is 0 Å². The van der Waals surface area contributed by atoms with Crippen LogP contribution in [0.15, 0.2) is 67.4 Å². The van der Waals surface area contributed by atoms with Gasteiger partial charge in [-0.25, -0.2) is 9.50 Å². The fourth-order valence-electron chi connectivity index (χ4n) is 4.35. The van der Waals surface area contributed by atoms with E-state index in [1.54, 1.807) is 35.2 Å². The van der Waals surface area contributed by atoms with Crippen LogP contribution in [-0.4, -0.2) is 30.5 Å². The zero-order valence-electron chi connectivity index (χ0n) is 17.5. The van der Waals surface area contributed by atoms with Crippen molar-refractivity contribution in [1.82, 2.24) is 24.6 Å². The van der Waals surface area contributed by atoms with Crippen molar-refractivity contribution >= 4 is 28.1 Å². The number of aromatic amines is 1. The standard InChI is InChI=1S/C25H22N6O/c32-25(30-19-5-2-9-26-13-19)22-15-28-31-10-8-17(12-23(22)31)21-14-27-24-20(21)7-6-18(29-24)11-16-3-1-4-16/h2,5-10,12-16H,1,3-4,11H2,(H,27,29)(H,30,32). The highest BCUT2D eigenvalue weighted by Crippen LogP contribution is 2.32. The van der Waals surface area contributed by atoms with Gasteiger partial charge in [-0.15, -0.1) is 0 Å². The first kappa shape index (κ1) is 18.7. The second-order valence-corrected chi connectivity index (χ2v) is 8.40. The molecule has 1 amide bonds. The van der Waals surface area contributed by atoms with Gasteiger partial charge in [-0.2, -0.15) is 5.10 Å². The summed E-state index contributed by atoms with van der Waals surface area (Å²) in [6, 6.07) is 11.9. The van der Waals surface area contributed by atoms with Crippen LogP contribution in [0.2, 0.25) is 0 Å². The van der Waals surface area contributed by atoms with E-state index in [2.05, 4.69) is 32.5 Å². The molecule has 32 heavy (non-hydrogen) atoms. The molecule has 0 atom stereocenters. The van der Waals surface area contributed by atoms with Gasteiger partial charge in [-0.1, -0.05) is 19.3 Å². The van der Waals surface area contributed by atoms with E-state index in [-0.39, 0.29) is 5.91 Å². The second kappa shape index (κ2) is 7.60. The van der Waals surface area contributed by atoms with Crippen molar-refractivity contribution in [1.29, 1.82) is 0 Å². The number of hydrogen-bond donors (Lipinski definition) is 2. The van der Waals surface area contributed by atoms with Gasteiger partial charge in [0.15, 0.2) is 0 Å². The van der Waals surface area contributed by atoms with Gasteiger partial charge in [-0.3, -0.25) is 9.78 Å². The number of carbonyl (C=O) groups excluding carboxylic acids is 1. The molecule has 6 rings (SSSR count). The molecule has 1 aliphatic rings. The molecule has 1 fully saturated rings. The molecule has 0 aliphatic heterocycles. The third-order valence-corrected chi connectivity index (χ3v) is 6.32. The lowest BCUT2D eigenvalue weighted by molar-refractivity contribution is 0.102. The highest BCUT2D eigenvalue weighted by Gasteiger charge is 2.19. The largest absolute Gasteiger partial charge is 0.346 e. The third kappa shape index (κ3) is 3.32. The van der Waals surface area contributed by atoms with Crippen LogP contribution >= 0.6 is 0 Å². The van der Waals surface area contributed by atoms with E-state index in [0.29, 0.717) is 11.3 Å². The van der Waals surface area contributed by atoms with E-state index in [9.17, 15) is 4.79 Å². The number of rotatable bonds is 5. The zero-order chi connectivity index (χ0) is 21.5. The first-order chi connectivity index (χ1) is 15.7. The van der Waals surface area contributed by atoms with Crippen molar-refractivity contribution in [2.75, 3.05) is 5.32 Å². The maximum Gasteiger partial charge on any atom is 0.259 e. The molecule has 1 aliphatic carbocycles. The highest BCUT2D eigenvalue weighted by molar-refractivity contribution is 6.09. The van der Waals surface area contributed by atoms with Crippen molar-refractivity contribution in [2.45, 2.75) is 25.7 Å². The monoisotopic (exact) mass is 422 g/mol. The Labute approximate surface area is 184 Å². The smallest absolute Gasteiger partial charge is 0.259 e. The fraction of sp³-hybridized carbons (Fsp3) is 0.200. The van der Waals surface area contributed by atoms with Crippen LogP contribution < -0.4 is 5.32 Å². The van der Waals surface area contributed by atoms with E-state index in [1.807, 2.05) is 24.5 Å². The lowest BCUT2D eigenvalue weighted by atomic mass is 9.82. The molecular formula is C25H22N6O. The SMILES string of the molecule is O=C(Nc1cccnc1)c1cnn2ccc(-c3c[nH]c4nc(CC5CCC5)ccc34)cc12. The minimum Gasteiger partial charge on any atom is -0.346 e. The van der Waals surface area contributed by atoms with Crippen LogP contribution in [0.5, 0.6) is 0 Å². The Morgan fingerprint density at radius 2 is 2.12 bits per heavy atom. The Balaban J connectivity index is 1.33. The fourth-order valence-corrected chi connectivity index (χ4v) is 4.35. The number of amides is 1. The first-order valence-corrected chi connectivity index (χ1v) is 10.9. The molecule has 0 spiro atoms. The number of H-pyrrole nitrogens is 1. The van der Waals surface area contributed by atoms with Crippen molar-refractivity contribution in [3.05, 3.63) is 78.6 Å². The Morgan fingerprint density at radius 1 is 1.19 bits per heavy atom. The average Bonchev–Trinajstić information content (AvgIpc) is 3.40. The molecule has 5 aromatic heterocycles. The van der Waals surface area contributed by atoms with E-state index in [1.165, 1.54) is 19.3 Å². The molecule has 158 valence electrons. The predicted octanol–water partition coefficient (Wildman–Crippen LogP) is 4.87. The van der Waals surface area contributed by atoms with Crippen LogP contribution in [0.25, 0.3) is 27.7 Å². The first-order valence-electron chi connectivity index (χ1n) is 10.9. The summed E-state index contributed by atoms with van der Waals surface area (Å²) in [6.45, 7) is 0. The molecule has 0 radical (unpaired) electrons. The topological polar surface area (TPSA) is 88.0 Å². The Bertz CT molecular complexity index is 1430. The van der Waals surface area contributed by atoms with Crippen LogP contribution in [-0.2, 0) is 6.42 Å². The van der Waals surface area contributed by atoms with Gasteiger partial charge in [-0.05, 0) is 54.3 Å². The van der Waals surface area contributed by atoms with E-state index >= 15 is 0 Å². The van der Waals surface area contributed by atoms with E-state index in [0.717, 1.165) is 45.7 Å². The lowest BCUT2D eigenvalue weighted by Crippen LogP contribution is -2.14. The van der Waals surface area contributed by atoms with Gasteiger partial charge < -0.3 is 10.3 Å². The number of pyridine rings is 3. The summed E-state index contributed by atoms with van der Waals surface area (Å²) in [6.07, 6.45) is 13.8. The molecule has 0 saturated heterocycles. The molecular weight excluding hydrogens is 400 g/mol. The molecule has 0 bridgehead atoms. The summed E-state index contributed by atoms with van der Waals surface area (Å²) in [5.41, 5.74) is 6.02. The summed E-state index contributed by atoms with van der Waals surface area (Å²) in [4.78, 5) is 25.1. The normalized spacial score (nSPS) is 14.0. The Morgan fingerprint density at radius 3 is 2.94 bits per heavy atom. The van der Waals surface area contributed by atoms with Crippen LogP contribution in [0.4, 0.5) is 5.69 Å². The van der Waals surface area contributed by atoms with Crippen molar-refractivity contribution in [2.24, 2.45) is 5.92 Å². The Kier molecular flexibility index (Phi) is 4.45. The third-order valence-electron chi connectivity index (χ3n) is 6.32. The molecule has 0 unspecified atom stereocenters. The zero-order valence-corrected chi connectivity index (χ0v) is 17.5. The second-order valence-electron chi connectivity index (χ2n) is 8.40. The van der Waals surface area contributed by atoms with Gasteiger partial charge in [0.1, 0.15) is 5.65 Å². The van der Waals surface area contributed by atoms with Gasteiger partial charge in [0.2, 0.25) is 0 Å². The van der Waals surface area contributed by atoms with Gasteiger partial charge in [0.05, 0.1) is 29.2 Å². The number of fused-ring (bicyclic) bond motifs is 2. The number of anilines is 1. The molecule has 5 aromatic rings. The molecule has 2 N–H and O–H groups in total. The number of nitrogens with zero attached hydrogens (tertiary/aromatic N) is 4. The number of carbonyl (C=O) groups is 1.